The van der Waals surface area contributed by atoms with Gasteiger partial charge in [-0.3, -0.25) is 4.98 Å². The Hall–Kier alpha value is -3.88. The van der Waals surface area contributed by atoms with E-state index in [4.69, 9.17) is 28.2 Å². The summed E-state index contributed by atoms with van der Waals surface area (Å²) in [7, 11) is 0. The summed E-state index contributed by atoms with van der Waals surface area (Å²) < 4.78 is 6.23. The van der Waals surface area contributed by atoms with E-state index in [1.807, 2.05) is 24.3 Å². The van der Waals surface area contributed by atoms with Gasteiger partial charge >= 0.3 is 5.97 Å². The van der Waals surface area contributed by atoms with Crippen LogP contribution in [0.4, 0.5) is 5.69 Å². The molecule has 2 unspecified atom stereocenters. The molecule has 3 heterocycles. The van der Waals surface area contributed by atoms with Gasteiger partial charge < -0.3 is 24.8 Å². The number of carboxylic acid groups (broad SMARTS) is 1. The van der Waals surface area contributed by atoms with Gasteiger partial charge in [0.1, 0.15) is 23.3 Å². The Labute approximate surface area is 205 Å². The number of anilines is 1. The van der Waals surface area contributed by atoms with E-state index in [1.165, 1.54) is 18.2 Å². The van der Waals surface area contributed by atoms with Crippen molar-refractivity contribution in [3.63, 3.8) is 0 Å². The molecule has 0 aliphatic carbocycles. The number of aromatic carboxylic acids is 1. The van der Waals surface area contributed by atoms with Gasteiger partial charge in [-0.25, -0.2) is 4.79 Å². The second-order valence-electron chi connectivity index (χ2n) is 7.69. The molecule has 0 saturated carbocycles. The number of hydrogen-bond acceptors (Lipinski definition) is 5. The van der Waals surface area contributed by atoms with E-state index in [0.717, 1.165) is 5.69 Å². The van der Waals surface area contributed by atoms with Gasteiger partial charge in [0.15, 0.2) is 5.11 Å². The fourth-order valence-electron chi connectivity index (χ4n) is 4.07. The fraction of sp³-hybridized carbons (Fsp3) is 0.0800. The lowest BCUT2D eigenvalue weighted by Gasteiger charge is -2.26. The molecule has 1 fully saturated rings. The van der Waals surface area contributed by atoms with Crippen LogP contribution in [0.1, 0.15) is 33.9 Å². The second-order valence-corrected chi connectivity index (χ2v) is 8.48. The van der Waals surface area contributed by atoms with Crippen LogP contribution in [-0.4, -0.2) is 26.3 Å². The van der Waals surface area contributed by atoms with Gasteiger partial charge in [0.2, 0.25) is 0 Å². The number of nitrogens with one attached hydrogen (secondary N) is 1. The van der Waals surface area contributed by atoms with E-state index >= 15 is 0 Å². The molecule has 1 saturated heterocycles. The fourth-order valence-corrected chi connectivity index (χ4v) is 4.62. The third kappa shape index (κ3) is 3.87. The van der Waals surface area contributed by atoms with Crippen LogP contribution in [0.25, 0.3) is 11.3 Å². The molecule has 2 aromatic heterocycles. The highest BCUT2D eigenvalue weighted by Gasteiger charge is 2.43. The molecule has 0 bridgehead atoms. The SMILES string of the molecule is O=C(O)c1ccc(Cl)c(-c2ccc(C3C(c4ccccn4)NC(=S)N3c3ccccc3O)o2)c1. The van der Waals surface area contributed by atoms with E-state index in [1.54, 1.807) is 41.4 Å². The van der Waals surface area contributed by atoms with Crippen LogP contribution >= 0.6 is 23.8 Å². The molecule has 1 aliphatic heterocycles. The highest BCUT2D eigenvalue weighted by atomic mass is 35.5. The smallest absolute Gasteiger partial charge is 0.335 e. The van der Waals surface area contributed by atoms with Crippen molar-refractivity contribution >= 4 is 40.6 Å². The number of carbonyl (C=O) groups is 1. The van der Waals surface area contributed by atoms with Crippen molar-refractivity contribution in [3.05, 3.63) is 101 Å². The van der Waals surface area contributed by atoms with Crippen molar-refractivity contribution in [1.29, 1.82) is 0 Å². The van der Waals surface area contributed by atoms with E-state index in [9.17, 15) is 15.0 Å². The Kier molecular flexibility index (Phi) is 5.69. The van der Waals surface area contributed by atoms with Gasteiger partial charge in [-0.2, -0.15) is 0 Å². The summed E-state index contributed by atoms with van der Waals surface area (Å²) in [6.07, 6.45) is 1.70. The first kappa shape index (κ1) is 21.9. The van der Waals surface area contributed by atoms with E-state index in [-0.39, 0.29) is 17.4 Å². The lowest BCUT2D eigenvalue weighted by molar-refractivity contribution is 0.0697. The molecule has 3 N–H and O–H groups in total. The highest BCUT2D eigenvalue weighted by molar-refractivity contribution is 7.80. The number of nitrogens with zero attached hydrogens (tertiary/aromatic N) is 2. The Morgan fingerprint density at radius 2 is 1.88 bits per heavy atom. The molecule has 1 aliphatic rings. The number of aromatic hydroxyl groups is 1. The summed E-state index contributed by atoms with van der Waals surface area (Å²) in [5.41, 5.74) is 1.83. The zero-order valence-corrected chi connectivity index (χ0v) is 19.1. The molecule has 9 heteroatoms. The summed E-state index contributed by atoms with van der Waals surface area (Å²) in [6.45, 7) is 0. The molecule has 4 aromatic rings. The second kappa shape index (κ2) is 8.81. The molecule has 170 valence electrons. The summed E-state index contributed by atoms with van der Waals surface area (Å²) in [5, 5.41) is 24.0. The molecule has 2 aromatic carbocycles. The van der Waals surface area contributed by atoms with Gasteiger partial charge in [0.05, 0.1) is 28.0 Å². The number of halogens is 1. The lowest BCUT2D eigenvalue weighted by atomic mass is 10.0. The van der Waals surface area contributed by atoms with Crippen LogP contribution in [0, 0.1) is 0 Å². The maximum absolute atomic E-state index is 11.4. The highest BCUT2D eigenvalue weighted by Crippen LogP contribution is 2.45. The third-order valence-corrected chi connectivity index (χ3v) is 6.28. The summed E-state index contributed by atoms with van der Waals surface area (Å²) in [6, 6.07) is 19.6. The normalized spacial score (nSPS) is 17.6. The van der Waals surface area contributed by atoms with Crippen molar-refractivity contribution in [2.75, 3.05) is 4.90 Å². The topological polar surface area (TPSA) is 98.8 Å². The van der Waals surface area contributed by atoms with Crippen molar-refractivity contribution < 1.29 is 19.4 Å². The van der Waals surface area contributed by atoms with Crippen LogP contribution in [0.2, 0.25) is 5.02 Å². The van der Waals surface area contributed by atoms with Crippen LogP contribution < -0.4 is 10.2 Å². The number of carboxylic acids is 1. The summed E-state index contributed by atoms with van der Waals surface area (Å²) in [4.78, 5) is 17.7. The van der Waals surface area contributed by atoms with Crippen LogP contribution in [0.5, 0.6) is 5.75 Å². The molecule has 0 amide bonds. The number of phenolic OH excluding ortho intramolecular Hbond substituents is 1. The van der Waals surface area contributed by atoms with E-state index < -0.39 is 12.0 Å². The number of para-hydroxylation sites is 2. The molecule has 0 spiro atoms. The Balaban J connectivity index is 1.62. The molecule has 5 rings (SSSR count). The molecular formula is C25H18ClN3O4S. The number of rotatable bonds is 5. The molecule has 7 nitrogen and oxygen atoms in total. The maximum Gasteiger partial charge on any atom is 0.335 e. The van der Waals surface area contributed by atoms with Crippen molar-refractivity contribution in [3.8, 4) is 17.1 Å². The van der Waals surface area contributed by atoms with Crippen LogP contribution in [0.3, 0.4) is 0 Å². The van der Waals surface area contributed by atoms with Crippen LogP contribution in [0.15, 0.2) is 83.4 Å². The maximum atomic E-state index is 11.4. The molecule has 2 atom stereocenters. The number of aromatic nitrogens is 1. The first-order valence-electron chi connectivity index (χ1n) is 10.4. The zero-order chi connectivity index (χ0) is 23.8. The van der Waals surface area contributed by atoms with Crippen molar-refractivity contribution in [2.45, 2.75) is 12.1 Å². The predicted octanol–water partition coefficient (Wildman–Crippen LogP) is 5.58. The minimum absolute atomic E-state index is 0.0716. The largest absolute Gasteiger partial charge is 0.506 e. The summed E-state index contributed by atoms with van der Waals surface area (Å²) >= 11 is 12.0. The zero-order valence-electron chi connectivity index (χ0n) is 17.6. The quantitative estimate of drug-likeness (QED) is 0.311. The van der Waals surface area contributed by atoms with E-state index in [0.29, 0.717) is 32.9 Å². The van der Waals surface area contributed by atoms with Gasteiger partial charge in [0.25, 0.3) is 0 Å². The number of hydrogen-bond donors (Lipinski definition) is 3. The minimum Gasteiger partial charge on any atom is -0.506 e. The van der Waals surface area contributed by atoms with Crippen molar-refractivity contribution in [1.82, 2.24) is 10.3 Å². The first-order chi connectivity index (χ1) is 16.4. The average Bonchev–Trinajstić information content (AvgIpc) is 3.45. The van der Waals surface area contributed by atoms with Crippen LogP contribution in [-0.2, 0) is 0 Å². The number of phenols is 1. The summed E-state index contributed by atoms with van der Waals surface area (Å²) in [5.74, 6) is -0.0331. The standard InChI is InChI=1S/C25H18ClN3O4S/c26-16-9-8-14(24(31)32)13-15(16)20-10-11-21(33-20)23-22(17-5-3-4-12-27-17)28-25(34)29(23)18-6-1-2-7-19(18)30/h1-13,22-23,30H,(H,28,34)(H,31,32). The Bertz CT molecular complexity index is 1390. The Morgan fingerprint density at radius 3 is 2.62 bits per heavy atom. The van der Waals surface area contributed by atoms with Gasteiger partial charge in [0, 0.05) is 11.8 Å². The first-order valence-corrected chi connectivity index (χ1v) is 11.1. The minimum atomic E-state index is -1.06. The molecule has 0 radical (unpaired) electrons. The monoisotopic (exact) mass is 491 g/mol. The lowest BCUT2D eigenvalue weighted by Crippen LogP contribution is -2.29. The van der Waals surface area contributed by atoms with Crippen molar-refractivity contribution in [2.24, 2.45) is 0 Å². The number of benzene rings is 2. The van der Waals surface area contributed by atoms with Gasteiger partial charge in [-0.05, 0) is 66.8 Å². The molecular weight excluding hydrogens is 474 g/mol. The number of furan rings is 1. The number of thiocarbonyl (C=S) groups is 1. The van der Waals surface area contributed by atoms with Gasteiger partial charge in [-0.15, -0.1) is 0 Å². The van der Waals surface area contributed by atoms with E-state index in [2.05, 4.69) is 10.3 Å². The Morgan fingerprint density at radius 1 is 1.09 bits per heavy atom. The predicted molar refractivity (Wildman–Crippen MR) is 132 cm³/mol. The third-order valence-electron chi connectivity index (χ3n) is 5.64. The number of pyridine rings is 1. The van der Waals surface area contributed by atoms with Gasteiger partial charge in [-0.1, -0.05) is 29.8 Å². The average molecular weight is 492 g/mol. The molecule has 34 heavy (non-hydrogen) atoms.